The number of amides is 2. The monoisotopic (exact) mass is 735 g/mol. The minimum absolute atomic E-state index is 0.0293. The second kappa shape index (κ2) is 16.7. The normalized spacial score (nSPS) is 11.9. The average Bonchev–Trinajstić information content (AvgIpc) is 3.08. The van der Waals surface area contributed by atoms with Crippen LogP contribution >= 0.6 is 15.9 Å². The Morgan fingerprint density at radius 2 is 1.54 bits per heavy atom. The molecule has 11 heteroatoms. The van der Waals surface area contributed by atoms with Crippen LogP contribution in [0.25, 0.3) is 0 Å². The molecule has 254 valence electrons. The largest absolute Gasteiger partial charge is 0.497 e. The number of hydrogen-bond donors (Lipinski definition) is 1. The Hall–Kier alpha value is -4.35. The third kappa shape index (κ3) is 9.38. The maximum Gasteiger partial charge on any atom is 0.264 e. The van der Waals surface area contributed by atoms with E-state index in [1.807, 2.05) is 63.2 Å². The molecule has 0 aliphatic heterocycles. The number of carbonyl (C=O) groups is 2. The van der Waals surface area contributed by atoms with Gasteiger partial charge in [0, 0.05) is 19.5 Å². The smallest absolute Gasteiger partial charge is 0.264 e. The van der Waals surface area contributed by atoms with Crippen molar-refractivity contribution in [3.63, 3.8) is 0 Å². The minimum Gasteiger partial charge on any atom is -0.497 e. The van der Waals surface area contributed by atoms with Gasteiger partial charge in [0.05, 0.1) is 29.3 Å². The highest BCUT2D eigenvalue weighted by Crippen LogP contribution is 2.31. The zero-order valence-electron chi connectivity index (χ0n) is 27.9. The molecule has 0 aromatic heterocycles. The van der Waals surface area contributed by atoms with Crippen LogP contribution in [0.2, 0.25) is 0 Å². The Morgan fingerprint density at radius 3 is 2.17 bits per heavy atom. The molecular formula is C37H42BrN3O6S. The summed E-state index contributed by atoms with van der Waals surface area (Å²) < 4.78 is 41.0. The van der Waals surface area contributed by atoms with Gasteiger partial charge in [-0.15, -0.1) is 0 Å². The number of sulfonamides is 1. The Bertz CT molecular complexity index is 1800. The van der Waals surface area contributed by atoms with Gasteiger partial charge in [-0.05, 0) is 82.4 Å². The fourth-order valence-electron chi connectivity index (χ4n) is 5.12. The van der Waals surface area contributed by atoms with Crippen molar-refractivity contribution in [3.05, 3.63) is 118 Å². The maximum absolute atomic E-state index is 14.7. The lowest BCUT2D eigenvalue weighted by molar-refractivity contribution is -0.140. The van der Waals surface area contributed by atoms with Gasteiger partial charge in [0.15, 0.2) is 0 Å². The van der Waals surface area contributed by atoms with Gasteiger partial charge in [-0.2, -0.15) is 0 Å². The van der Waals surface area contributed by atoms with E-state index in [4.69, 9.17) is 9.47 Å². The quantitative estimate of drug-likeness (QED) is 0.152. The van der Waals surface area contributed by atoms with Gasteiger partial charge in [0.25, 0.3) is 10.0 Å². The molecule has 0 aliphatic carbocycles. The third-order valence-corrected chi connectivity index (χ3v) is 10.1. The molecule has 1 N–H and O–H groups in total. The molecule has 0 saturated heterocycles. The van der Waals surface area contributed by atoms with Crippen molar-refractivity contribution < 1.29 is 27.5 Å². The molecule has 0 unspecified atom stereocenters. The van der Waals surface area contributed by atoms with E-state index in [0.717, 1.165) is 21.0 Å². The molecule has 0 fully saturated rings. The number of nitrogens with one attached hydrogen (secondary N) is 1. The molecule has 4 aromatic rings. The summed E-state index contributed by atoms with van der Waals surface area (Å²) in [6.45, 7) is 5.79. The predicted octanol–water partition coefficient (Wildman–Crippen LogP) is 6.38. The number of anilines is 1. The molecule has 0 bridgehead atoms. The lowest BCUT2D eigenvalue weighted by atomic mass is 10.0. The van der Waals surface area contributed by atoms with Crippen LogP contribution in [0.1, 0.15) is 30.5 Å². The first kappa shape index (κ1) is 36.5. The number of methoxy groups -OCH3 is 2. The number of hydrogen-bond acceptors (Lipinski definition) is 6. The van der Waals surface area contributed by atoms with Crippen LogP contribution in [-0.2, 0) is 32.6 Å². The van der Waals surface area contributed by atoms with E-state index in [1.54, 1.807) is 49.6 Å². The van der Waals surface area contributed by atoms with Gasteiger partial charge in [-0.3, -0.25) is 13.9 Å². The van der Waals surface area contributed by atoms with Crippen LogP contribution in [0.5, 0.6) is 11.5 Å². The standard InChI is InChI=1S/C37H42BrN3O6S/c1-26(2)23-39-37(43)34(21-28-10-7-6-8-11-28)40(24-29-12-9-13-31(20-29)46-4)36(42)25-41(30-16-14-27(3)15-17-30)48(44,45)32-18-19-35(47-5)33(38)22-32/h6-20,22,26,34H,21,23-25H2,1-5H3,(H,39,43)/t34-/m1/s1. The first-order valence-electron chi connectivity index (χ1n) is 15.6. The third-order valence-electron chi connectivity index (χ3n) is 7.75. The van der Waals surface area contributed by atoms with Gasteiger partial charge < -0.3 is 19.7 Å². The first-order chi connectivity index (χ1) is 22.9. The molecule has 4 aromatic carbocycles. The van der Waals surface area contributed by atoms with Crippen LogP contribution in [0.3, 0.4) is 0 Å². The molecule has 0 spiro atoms. The lowest BCUT2D eigenvalue weighted by Crippen LogP contribution is -2.53. The van der Waals surface area contributed by atoms with Gasteiger partial charge >= 0.3 is 0 Å². The second-order valence-corrected chi connectivity index (χ2v) is 14.6. The topological polar surface area (TPSA) is 105 Å². The van der Waals surface area contributed by atoms with E-state index in [2.05, 4.69) is 21.2 Å². The number of halogens is 1. The Balaban J connectivity index is 1.82. The summed E-state index contributed by atoms with van der Waals surface area (Å²) in [6.07, 6.45) is 0.225. The molecule has 1 atom stereocenters. The van der Waals surface area contributed by atoms with E-state index in [0.29, 0.717) is 28.2 Å². The number of rotatable bonds is 15. The second-order valence-electron chi connectivity index (χ2n) is 11.9. The number of benzene rings is 4. The molecule has 0 saturated carbocycles. The lowest BCUT2D eigenvalue weighted by Gasteiger charge is -2.34. The van der Waals surface area contributed by atoms with E-state index in [9.17, 15) is 18.0 Å². The van der Waals surface area contributed by atoms with Crippen LogP contribution in [0.4, 0.5) is 5.69 Å². The van der Waals surface area contributed by atoms with E-state index < -0.39 is 28.5 Å². The number of carbonyl (C=O) groups excluding carboxylic acids is 2. The van der Waals surface area contributed by atoms with Crippen molar-refractivity contribution in [1.82, 2.24) is 10.2 Å². The highest BCUT2D eigenvalue weighted by molar-refractivity contribution is 9.10. The minimum atomic E-state index is -4.27. The fourth-order valence-corrected chi connectivity index (χ4v) is 7.25. The Labute approximate surface area is 292 Å². The average molecular weight is 737 g/mol. The summed E-state index contributed by atoms with van der Waals surface area (Å²) in [6, 6.07) is 27.1. The maximum atomic E-state index is 14.7. The van der Waals surface area contributed by atoms with E-state index in [-0.39, 0.29) is 29.7 Å². The van der Waals surface area contributed by atoms with Crippen LogP contribution in [-0.4, -0.2) is 58.5 Å². The van der Waals surface area contributed by atoms with Crippen molar-refractivity contribution in [2.45, 2.75) is 44.7 Å². The SMILES string of the molecule is COc1cccc(CN(C(=O)CN(c2ccc(C)cc2)S(=O)(=O)c2ccc(OC)c(Br)c2)[C@H](Cc2ccccc2)C(=O)NCC(C)C)c1. The highest BCUT2D eigenvalue weighted by atomic mass is 79.9. The fraction of sp³-hybridized carbons (Fsp3) is 0.297. The molecule has 0 radical (unpaired) electrons. The van der Waals surface area contributed by atoms with E-state index in [1.165, 1.54) is 24.1 Å². The highest BCUT2D eigenvalue weighted by Gasteiger charge is 2.35. The number of ether oxygens (including phenoxy) is 2. The molecule has 9 nitrogen and oxygen atoms in total. The summed E-state index contributed by atoms with van der Waals surface area (Å²) in [5, 5.41) is 3.00. The molecule has 4 rings (SSSR count). The summed E-state index contributed by atoms with van der Waals surface area (Å²) in [5.74, 6) is 0.368. The van der Waals surface area contributed by atoms with Crippen molar-refractivity contribution in [3.8, 4) is 11.5 Å². The summed E-state index contributed by atoms with van der Waals surface area (Å²) in [4.78, 5) is 30.0. The Morgan fingerprint density at radius 1 is 0.854 bits per heavy atom. The van der Waals surface area contributed by atoms with Crippen molar-refractivity contribution in [2.24, 2.45) is 5.92 Å². The molecule has 2 amide bonds. The van der Waals surface area contributed by atoms with Crippen LogP contribution in [0.15, 0.2) is 106 Å². The zero-order chi connectivity index (χ0) is 34.8. The van der Waals surface area contributed by atoms with Gasteiger partial charge in [-0.1, -0.05) is 74.0 Å². The molecular weight excluding hydrogens is 694 g/mol. The van der Waals surface area contributed by atoms with Gasteiger partial charge in [0.1, 0.15) is 24.1 Å². The Kier molecular flexibility index (Phi) is 12.7. The van der Waals surface area contributed by atoms with Crippen LogP contribution in [0, 0.1) is 12.8 Å². The molecule has 48 heavy (non-hydrogen) atoms. The first-order valence-corrected chi connectivity index (χ1v) is 17.8. The number of nitrogens with zero attached hydrogens (tertiary/aromatic N) is 2. The zero-order valence-corrected chi connectivity index (χ0v) is 30.3. The predicted molar refractivity (Wildman–Crippen MR) is 192 cm³/mol. The molecule has 0 heterocycles. The van der Waals surface area contributed by atoms with Crippen molar-refractivity contribution in [1.29, 1.82) is 0 Å². The van der Waals surface area contributed by atoms with Crippen molar-refractivity contribution >= 4 is 43.5 Å². The van der Waals surface area contributed by atoms with Gasteiger partial charge in [-0.25, -0.2) is 8.42 Å². The summed E-state index contributed by atoms with van der Waals surface area (Å²) in [5.41, 5.74) is 2.82. The summed E-state index contributed by atoms with van der Waals surface area (Å²) >= 11 is 3.39. The summed E-state index contributed by atoms with van der Waals surface area (Å²) in [7, 11) is -1.22. The van der Waals surface area contributed by atoms with Crippen molar-refractivity contribution in [2.75, 3.05) is 31.6 Å². The van der Waals surface area contributed by atoms with Gasteiger partial charge in [0.2, 0.25) is 11.8 Å². The van der Waals surface area contributed by atoms with E-state index >= 15 is 0 Å². The molecule has 0 aliphatic rings. The number of aryl methyl sites for hydroxylation is 1. The van der Waals surface area contributed by atoms with Crippen LogP contribution < -0.4 is 19.1 Å².